The van der Waals surface area contributed by atoms with Crippen LogP contribution in [0.2, 0.25) is 0 Å². The van der Waals surface area contributed by atoms with Crippen LogP contribution in [0.3, 0.4) is 0 Å². The van der Waals surface area contributed by atoms with Gasteiger partial charge in [-0.1, -0.05) is 13.3 Å². The molecule has 1 aromatic rings. The quantitative estimate of drug-likeness (QED) is 0.598. The van der Waals surface area contributed by atoms with Crippen molar-refractivity contribution in [3.05, 3.63) is 11.4 Å². The van der Waals surface area contributed by atoms with Gasteiger partial charge >= 0.3 is 0 Å². The number of amides is 2. The Morgan fingerprint density at radius 2 is 2.37 bits per heavy atom. The molecule has 0 spiro atoms. The predicted octanol–water partition coefficient (Wildman–Crippen LogP) is -0.0472. The van der Waals surface area contributed by atoms with Gasteiger partial charge in [-0.2, -0.15) is 5.10 Å². The molecule has 19 heavy (non-hydrogen) atoms. The zero-order chi connectivity index (χ0) is 13.8. The Morgan fingerprint density at radius 1 is 1.58 bits per heavy atom. The van der Waals surface area contributed by atoms with Crippen LogP contribution in [0.15, 0.2) is 0 Å². The third kappa shape index (κ3) is 3.04. The van der Waals surface area contributed by atoms with E-state index in [9.17, 15) is 9.59 Å². The number of aryl methyl sites for hydroxylation is 1. The summed E-state index contributed by atoms with van der Waals surface area (Å²) in [5.74, 6) is -0.277. The first-order valence-electron chi connectivity index (χ1n) is 6.52. The van der Waals surface area contributed by atoms with Gasteiger partial charge in [0.05, 0.1) is 11.4 Å². The van der Waals surface area contributed by atoms with Gasteiger partial charge in [0.2, 0.25) is 5.91 Å². The molecular weight excluding hydrogens is 246 g/mol. The lowest BCUT2D eigenvalue weighted by Gasteiger charge is -2.10. The molecule has 1 unspecified atom stereocenters. The van der Waals surface area contributed by atoms with E-state index in [1.807, 2.05) is 6.92 Å². The summed E-state index contributed by atoms with van der Waals surface area (Å²) in [4.78, 5) is 23.0. The largest absolute Gasteiger partial charge is 0.395 e. The summed E-state index contributed by atoms with van der Waals surface area (Å²) in [6.07, 6.45) is 2.97. The van der Waals surface area contributed by atoms with E-state index in [1.54, 1.807) is 0 Å². The number of aromatic amines is 1. The van der Waals surface area contributed by atoms with E-state index in [0.717, 1.165) is 25.0 Å². The molecule has 1 saturated heterocycles. The number of nitrogens with two attached hydrogens (primary N) is 1. The second kappa shape index (κ2) is 5.73. The van der Waals surface area contributed by atoms with Crippen molar-refractivity contribution in [2.24, 2.45) is 0 Å². The average molecular weight is 265 g/mol. The van der Waals surface area contributed by atoms with Crippen molar-refractivity contribution in [3.8, 4) is 0 Å². The molecule has 1 atom stereocenters. The number of nitrogens with zero attached hydrogens (tertiary/aromatic N) is 1. The fourth-order valence-corrected chi connectivity index (χ4v) is 2.13. The Labute approximate surface area is 111 Å². The van der Waals surface area contributed by atoms with Gasteiger partial charge in [-0.05, 0) is 12.8 Å². The lowest BCUT2D eigenvalue weighted by atomic mass is 10.2. The van der Waals surface area contributed by atoms with E-state index in [0.29, 0.717) is 18.7 Å². The molecule has 7 nitrogen and oxygen atoms in total. The second-order valence-electron chi connectivity index (χ2n) is 4.73. The molecule has 1 fully saturated rings. The number of hydrogen-bond donors (Lipinski definition) is 4. The van der Waals surface area contributed by atoms with Crippen LogP contribution in [0.25, 0.3) is 0 Å². The van der Waals surface area contributed by atoms with E-state index < -0.39 is 0 Å². The molecule has 7 heteroatoms. The van der Waals surface area contributed by atoms with Gasteiger partial charge in [0, 0.05) is 19.0 Å². The summed E-state index contributed by atoms with van der Waals surface area (Å²) in [7, 11) is 0. The van der Waals surface area contributed by atoms with Gasteiger partial charge in [0.1, 0.15) is 0 Å². The number of aromatic nitrogens is 2. The minimum atomic E-state index is -0.308. The number of nitrogens with one attached hydrogen (secondary N) is 3. The molecule has 2 amide bonds. The van der Waals surface area contributed by atoms with Crippen LogP contribution in [0, 0.1) is 0 Å². The molecule has 0 aliphatic carbocycles. The summed E-state index contributed by atoms with van der Waals surface area (Å²) in [5.41, 5.74) is 7.31. The minimum absolute atomic E-state index is 0.00623. The van der Waals surface area contributed by atoms with Gasteiger partial charge in [-0.15, -0.1) is 0 Å². The monoisotopic (exact) mass is 265 g/mol. The van der Waals surface area contributed by atoms with Crippen LogP contribution < -0.4 is 16.4 Å². The van der Waals surface area contributed by atoms with Gasteiger partial charge in [-0.3, -0.25) is 14.7 Å². The summed E-state index contributed by atoms with van der Waals surface area (Å²) < 4.78 is 0. The van der Waals surface area contributed by atoms with E-state index in [1.165, 1.54) is 0 Å². The van der Waals surface area contributed by atoms with Crippen molar-refractivity contribution in [1.29, 1.82) is 0 Å². The molecule has 1 aliphatic heterocycles. The van der Waals surface area contributed by atoms with Gasteiger partial charge in [0.15, 0.2) is 5.69 Å². The predicted molar refractivity (Wildman–Crippen MR) is 70.5 cm³/mol. The molecule has 2 heterocycles. The topological polar surface area (TPSA) is 113 Å². The van der Waals surface area contributed by atoms with Crippen LogP contribution in [0.5, 0.6) is 0 Å². The number of H-pyrrole nitrogens is 1. The van der Waals surface area contributed by atoms with Crippen LogP contribution in [0.4, 0.5) is 5.69 Å². The van der Waals surface area contributed by atoms with Crippen molar-refractivity contribution in [1.82, 2.24) is 20.8 Å². The summed E-state index contributed by atoms with van der Waals surface area (Å²) in [6.45, 7) is 2.43. The van der Waals surface area contributed by atoms with Crippen molar-refractivity contribution < 1.29 is 9.59 Å². The smallest absolute Gasteiger partial charge is 0.274 e. The average Bonchev–Trinajstić information content (AvgIpc) is 2.95. The lowest BCUT2D eigenvalue weighted by Crippen LogP contribution is -2.38. The highest BCUT2D eigenvalue weighted by Gasteiger charge is 2.22. The normalized spacial score (nSPS) is 18.4. The maximum absolute atomic E-state index is 11.9. The Kier molecular flexibility index (Phi) is 4.03. The minimum Gasteiger partial charge on any atom is -0.395 e. The molecular formula is C12H19N5O2. The zero-order valence-corrected chi connectivity index (χ0v) is 11.0. The summed E-state index contributed by atoms with van der Waals surface area (Å²) >= 11 is 0. The Balaban J connectivity index is 1.91. The first-order chi connectivity index (χ1) is 9.11. The van der Waals surface area contributed by atoms with Gasteiger partial charge < -0.3 is 16.4 Å². The fraction of sp³-hybridized carbons (Fsp3) is 0.583. The number of hydrogen-bond acceptors (Lipinski definition) is 4. The SMILES string of the molecule is CCCc1[nH]nc(C(=O)NCC2CCC(=O)N2)c1N. The molecule has 0 aromatic carbocycles. The lowest BCUT2D eigenvalue weighted by molar-refractivity contribution is -0.119. The van der Waals surface area contributed by atoms with Gasteiger partial charge in [-0.25, -0.2) is 0 Å². The molecule has 0 radical (unpaired) electrons. The standard InChI is InChI=1S/C12H19N5O2/c1-2-3-8-10(13)11(17-16-8)12(19)14-6-7-4-5-9(18)15-7/h7H,2-6,13H2,1H3,(H,14,19)(H,15,18)(H,16,17). The van der Waals surface area contributed by atoms with E-state index >= 15 is 0 Å². The van der Waals surface area contributed by atoms with Crippen LogP contribution in [-0.2, 0) is 11.2 Å². The van der Waals surface area contributed by atoms with E-state index in [4.69, 9.17) is 5.73 Å². The maximum Gasteiger partial charge on any atom is 0.274 e. The van der Waals surface area contributed by atoms with Crippen molar-refractivity contribution in [3.63, 3.8) is 0 Å². The summed E-state index contributed by atoms with van der Waals surface area (Å²) in [6, 6.07) is 0.00623. The number of rotatable bonds is 5. The van der Waals surface area contributed by atoms with Gasteiger partial charge in [0.25, 0.3) is 5.91 Å². The molecule has 0 bridgehead atoms. The van der Waals surface area contributed by atoms with Crippen LogP contribution in [0.1, 0.15) is 42.4 Å². The number of carbonyl (C=O) groups is 2. The maximum atomic E-state index is 11.9. The van der Waals surface area contributed by atoms with Crippen LogP contribution in [-0.4, -0.2) is 34.6 Å². The highest BCUT2D eigenvalue weighted by Crippen LogP contribution is 2.15. The second-order valence-corrected chi connectivity index (χ2v) is 4.73. The molecule has 104 valence electrons. The Bertz CT molecular complexity index is 482. The van der Waals surface area contributed by atoms with Crippen molar-refractivity contribution in [2.45, 2.75) is 38.6 Å². The first kappa shape index (κ1) is 13.4. The third-order valence-electron chi connectivity index (χ3n) is 3.19. The molecule has 1 aliphatic rings. The first-order valence-corrected chi connectivity index (χ1v) is 6.52. The van der Waals surface area contributed by atoms with Crippen molar-refractivity contribution >= 4 is 17.5 Å². The number of nitrogen functional groups attached to an aromatic ring is 1. The molecule has 1 aromatic heterocycles. The number of anilines is 1. The van der Waals surface area contributed by atoms with Crippen LogP contribution >= 0.6 is 0 Å². The molecule has 5 N–H and O–H groups in total. The van der Waals surface area contributed by atoms with E-state index in [-0.39, 0.29) is 23.6 Å². The zero-order valence-electron chi connectivity index (χ0n) is 11.0. The highest BCUT2D eigenvalue weighted by molar-refractivity contribution is 5.97. The molecule has 2 rings (SSSR count). The molecule has 0 saturated carbocycles. The highest BCUT2D eigenvalue weighted by atomic mass is 16.2. The number of carbonyl (C=O) groups excluding carboxylic acids is 2. The Hall–Kier alpha value is -2.05. The fourth-order valence-electron chi connectivity index (χ4n) is 2.13. The van der Waals surface area contributed by atoms with E-state index in [2.05, 4.69) is 20.8 Å². The van der Waals surface area contributed by atoms with Crippen molar-refractivity contribution in [2.75, 3.05) is 12.3 Å². The Morgan fingerprint density at radius 3 is 3.00 bits per heavy atom. The third-order valence-corrected chi connectivity index (χ3v) is 3.19. The summed E-state index contributed by atoms with van der Waals surface area (Å²) in [5, 5.41) is 12.3.